The number of benzene rings is 2. The van der Waals surface area contributed by atoms with Crippen molar-refractivity contribution in [2.24, 2.45) is 0 Å². The number of hydrogen-bond donors (Lipinski definition) is 1. The monoisotopic (exact) mass is 407 g/mol. The molecule has 9 heteroatoms. The van der Waals surface area contributed by atoms with Crippen molar-refractivity contribution in [1.29, 1.82) is 0 Å². The van der Waals surface area contributed by atoms with E-state index in [0.717, 1.165) is 0 Å². The number of methoxy groups -OCH3 is 2. The van der Waals surface area contributed by atoms with Crippen LogP contribution in [0.4, 0.5) is 5.69 Å². The Balaban J connectivity index is 1.56. The van der Waals surface area contributed by atoms with E-state index >= 15 is 0 Å². The van der Waals surface area contributed by atoms with Gasteiger partial charge in [-0.05, 0) is 18.2 Å². The van der Waals surface area contributed by atoms with Crippen molar-refractivity contribution in [2.75, 3.05) is 32.8 Å². The highest BCUT2D eigenvalue weighted by Gasteiger charge is 2.29. The molecule has 3 rings (SSSR count). The second kappa shape index (κ2) is 8.71. The lowest BCUT2D eigenvalue weighted by Gasteiger charge is -2.24. The Morgan fingerprint density at radius 1 is 1.14 bits per heavy atom. The maximum atomic E-state index is 12.2. The van der Waals surface area contributed by atoms with E-state index in [4.69, 9.17) is 35.3 Å². The second-order valence-corrected chi connectivity index (χ2v) is 6.11. The van der Waals surface area contributed by atoms with Crippen LogP contribution in [0.2, 0.25) is 5.02 Å². The lowest BCUT2D eigenvalue weighted by molar-refractivity contribution is -0.156. The van der Waals surface area contributed by atoms with Crippen molar-refractivity contribution in [3.05, 3.63) is 41.4 Å². The van der Waals surface area contributed by atoms with Gasteiger partial charge in [-0.2, -0.15) is 0 Å². The van der Waals surface area contributed by atoms with E-state index in [0.29, 0.717) is 33.7 Å². The van der Waals surface area contributed by atoms with Gasteiger partial charge in [0.15, 0.2) is 18.1 Å². The summed E-state index contributed by atoms with van der Waals surface area (Å²) in [6.45, 7) is -0.507. The van der Waals surface area contributed by atoms with Crippen LogP contribution in [0.15, 0.2) is 36.4 Å². The lowest BCUT2D eigenvalue weighted by atomic mass is 10.2. The molecule has 1 aliphatic heterocycles. The summed E-state index contributed by atoms with van der Waals surface area (Å²) in [5, 5.41) is 2.87. The van der Waals surface area contributed by atoms with Crippen LogP contribution in [0.25, 0.3) is 0 Å². The molecule has 148 valence electrons. The molecule has 2 aromatic carbocycles. The van der Waals surface area contributed by atoms with Crippen molar-refractivity contribution in [2.45, 2.75) is 6.10 Å². The van der Waals surface area contributed by atoms with Gasteiger partial charge in [-0.3, -0.25) is 4.79 Å². The molecule has 0 saturated carbocycles. The Labute approximate surface area is 166 Å². The van der Waals surface area contributed by atoms with Crippen LogP contribution in [0.1, 0.15) is 0 Å². The van der Waals surface area contributed by atoms with Crippen LogP contribution in [0, 0.1) is 0 Å². The molecule has 0 saturated heterocycles. The first-order valence-corrected chi connectivity index (χ1v) is 8.66. The Morgan fingerprint density at radius 2 is 1.86 bits per heavy atom. The number of carbonyl (C=O) groups is 2. The predicted molar refractivity (Wildman–Crippen MR) is 100 cm³/mol. The molecule has 0 aliphatic carbocycles. The van der Waals surface area contributed by atoms with Gasteiger partial charge >= 0.3 is 5.97 Å². The minimum atomic E-state index is -0.951. The van der Waals surface area contributed by atoms with E-state index in [2.05, 4.69) is 5.32 Å². The summed E-state index contributed by atoms with van der Waals surface area (Å²) in [6, 6.07) is 9.99. The summed E-state index contributed by atoms with van der Waals surface area (Å²) in [5.41, 5.74) is 0.320. The molecule has 2 aromatic rings. The normalized spacial score (nSPS) is 14.8. The standard InChI is InChI=1S/C19H18ClNO7/c1-24-15-8-16(25-2)12(7-11(15)20)21-18(22)10-27-19(23)17-9-26-13-5-3-4-6-14(13)28-17/h3-8,17H,9-10H2,1-2H3,(H,21,22). The van der Waals surface area contributed by atoms with E-state index in [1.165, 1.54) is 26.4 Å². The second-order valence-electron chi connectivity index (χ2n) is 5.71. The Kier molecular flexibility index (Phi) is 6.10. The molecular formula is C19H18ClNO7. The van der Waals surface area contributed by atoms with E-state index in [-0.39, 0.29) is 6.61 Å². The molecule has 0 aromatic heterocycles. The number of hydrogen-bond acceptors (Lipinski definition) is 7. The molecule has 1 amide bonds. The molecule has 0 radical (unpaired) electrons. The molecule has 1 unspecified atom stereocenters. The van der Waals surface area contributed by atoms with Gasteiger partial charge in [0, 0.05) is 6.07 Å². The molecule has 1 N–H and O–H groups in total. The minimum absolute atomic E-state index is 0.000619. The molecule has 1 atom stereocenters. The van der Waals surface area contributed by atoms with E-state index in [9.17, 15) is 9.59 Å². The number of fused-ring (bicyclic) bond motifs is 1. The number of carbonyl (C=O) groups excluding carboxylic acids is 2. The topological polar surface area (TPSA) is 92.3 Å². The van der Waals surface area contributed by atoms with Gasteiger partial charge in [-0.15, -0.1) is 0 Å². The van der Waals surface area contributed by atoms with Crippen molar-refractivity contribution >= 4 is 29.2 Å². The summed E-state index contributed by atoms with van der Waals surface area (Å²) in [4.78, 5) is 24.3. The Bertz CT molecular complexity index is 887. The summed E-state index contributed by atoms with van der Waals surface area (Å²) >= 11 is 6.06. The van der Waals surface area contributed by atoms with E-state index < -0.39 is 24.6 Å². The zero-order chi connectivity index (χ0) is 20.1. The zero-order valence-corrected chi connectivity index (χ0v) is 15.9. The number of anilines is 1. The third-order valence-corrected chi connectivity index (χ3v) is 4.16. The third-order valence-electron chi connectivity index (χ3n) is 3.87. The van der Waals surface area contributed by atoms with Crippen LogP contribution in [-0.2, 0) is 14.3 Å². The van der Waals surface area contributed by atoms with Crippen LogP contribution in [-0.4, -0.2) is 45.4 Å². The number of para-hydroxylation sites is 2. The van der Waals surface area contributed by atoms with Gasteiger partial charge in [0.2, 0.25) is 6.10 Å². The maximum Gasteiger partial charge on any atom is 0.351 e. The fourth-order valence-electron chi connectivity index (χ4n) is 2.51. The lowest BCUT2D eigenvalue weighted by Crippen LogP contribution is -2.39. The number of amides is 1. The molecule has 0 spiro atoms. The number of ether oxygens (including phenoxy) is 5. The summed E-state index contributed by atoms with van der Waals surface area (Å²) in [6.07, 6.45) is -0.951. The fourth-order valence-corrected chi connectivity index (χ4v) is 2.75. The minimum Gasteiger partial charge on any atom is -0.495 e. The third kappa shape index (κ3) is 4.40. The predicted octanol–water partition coefficient (Wildman–Crippen LogP) is 2.68. The average Bonchev–Trinajstić information content (AvgIpc) is 2.71. The molecular weight excluding hydrogens is 390 g/mol. The van der Waals surface area contributed by atoms with Crippen molar-refractivity contribution in [3.63, 3.8) is 0 Å². The van der Waals surface area contributed by atoms with Crippen LogP contribution in [0.5, 0.6) is 23.0 Å². The van der Waals surface area contributed by atoms with E-state index in [1.54, 1.807) is 24.3 Å². The first-order valence-electron chi connectivity index (χ1n) is 8.28. The highest BCUT2D eigenvalue weighted by atomic mass is 35.5. The molecule has 0 fully saturated rings. The van der Waals surface area contributed by atoms with E-state index in [1.807, 2.05) is 0 Å². The number of esters is 1. The first kappa shape index (κ1) is 19.6. The Morgan fingerprint density at radius 3 is 2.57 bits per heavy atom. The van der Waals surface area contributed by atoms with Crippen molar-refractivity contribution in [1.82, 2.24) is 0 Å². The summed E-state index contributed by atoms with van der Waals surface area (Å²) in [7, 11) is 2.91. The summed E-state index contributed by atoms with van der Waals surface area (Å²) < 4.78 is 26.3. The van der Waals surface area contributed by atoms with Crippen LogP contribution in [0.3, 0.4) is 0 Å². The molecule has 1 heterocycles. The van der Waals surface area contributed by atoms with Crippen molar-refractivity contribution in [3.8, 4) is 23.0 Å². The zero-order valence-electron chi connectivity index (χ0n) is 15.2. The highest BCUT2D eigenvalue weighted by molar-refractivity contribution is 6.32. The quantitative estimate of drug-likeness (QED) is 0.736. The molecule has 1 aliphatic rings. The first-order chi connectivity index (χ1) is 13.5. The maximum absolute atomic E-state index is 12.2. The highest BCUT2D eigenvalue weighted by Crippen LogP contribution is 2.36. The number of rotatable bonds is 6. The number of halogens is 1. The van der Waals surface area contributed by atoms with Gasteiger partial charge in [-0.25, -0.2) is 4.79 Å². The SMILES string of the molecule is COc1cc(OC)c(NC(=O)COC(=O)C2COc3ccccc3O2)cc1Cl. The van der Waals surface area contributed by atoms with Gasteiger partial charge in [0.25, 0.3) is 5.91 Å². The fraction of sp³-hybridized carbons (Fsp3) is 0.263. The smallest absolute Gasteiger partial charge is 0.351 e. The largest absolute Gasteiger partial charge is 0.495 e. The van der Waals surface area contributed by atoms with Crippen LogP contribution >= 0.6 is 11.6 Å². The molecule has 28 heavy (non-hydrogen) atoms. The Hall–Kier alpha value is -3.13. The van der Waals surface area contributed by atoms with Crippen molar-refractivity contribution < 1.29 is 33.3 Å². The van der Waals surface area contributed by atoms with Crippen LogP contribution < -0.4 is 24.3 Å². The summed E-state index contributed by atoms with van der Waals surface area (Å²) in [5.74, 6) is 0.471. The number of nitrogens with one attached hydrogen (secondary N) is 1. The van der Waals surface area contributed by atoms with Gasteiger partial charge < -0.3 is 29.0 Å². The average molecular weight is 408 g/mol. The van der Waals surface area contributed by atoms with Gasteiger partial charge in [-0.1, -0.05) is 23.7 Å². The molecule has 8 nitrogen and oxygen atoms in total. The van der Waals surface area contributed by atoms with Gasteiger partial charge in [0.1, 0.15) is 18.1 Å². The molecule has 0 bridgehead atoms. The van der Waals surface area contributed by atoms with Gasteiger partial charge in [0.05, 0.1) is 24.9 Å².